The van der Waals surface area contributed by atoms with Crippen LogP contribution in [-0.4, -0.2) is 49.8 Å². The first-order chi connectivity index (χ1) is 12.7. The molecule has 0 aliphatic carbocycles. The summed E-state index contributed by atoms with van der Waals surface area (Å²) in [6.07, 6.45) is 2.73. The van der Waals surface area contributed by atoms with Crippen LogP contribution in [0.1, 0.15) is 19.3 Å². The van der Waals surface area contributed by atoms with Gasteiger partial charge in [-0.25, -0.2) is 4.79 Å². The number of piperidine rings is 1. The molecular formula is C19H24N2O5. The van der Waals surface area contributed by atoms with E-state index in [4.69, 9.17) is 19.6 Å². The molecule has 0 unspecified atom stereocenters. The number of amides is 1. The minimum absolute atomic E-state index is 0.0404. The zero-order chi connectivity index (χ0) is 18.4. The van der Waals surface area contributed by atoms with Gasteiger partial charge >= 0.3 is 5.63 Å². The highest BCUT2D eigenvalue weighted by Gasteiger charge is 2.23. The Hall–Kier alpha value is -2.38. The highest BCUT2D eigenvalue weighted by molar-refractivity contribution is 5.79. The van der Waals surface area contributed by atoms with E-state index in [0.29, 0.717) is 37.6 Å². The van der Waals surface area contributed by atoms with Crippen LogP contribution in [0.15, 0.2) is 39.5 Å². The zero-order valence-electron chi connectivity index (χ0n) is 14.7. The van der Waals surface area contributed by atoms with Crippen molar-refractivity contribution in [3.05, 3.63) is 40.8 Å². The van der Waals surface area contributed by atoms with Gasteiger partial charge in [0.2, 0.25) is 0 Å². The second-order valence-electron chi connectivity index (χ2n) is 6.34. The number of likely N-dealkylation sites (tertiary alicyclic amines) is 1. The lowest BCUT2D eigenvalue weighted by atomic mass is 10.1. The maximum atomic E-state index is 12.3. The third kappa shape index (κ3) is 4.83. The molecule has 0 saturated carbocycles. The van der Waals surface area contributed by atoms with Crippen LogP contribution >= 0.6 is 0 Å². The van der Waals surface area contributed by atoms with E-state index >= 15 is 0 Å². The second-order valence-corrected chi connectivity index (χ2v) is 6.34. The smallest absolute Gasteiger partial charge is 0.336 e. The van der Waals surface area contributed by atoms with Crippen LogP contribution in [0.5, 0.6) is 5.75 Å². The molecule has 1 amide bonds. The largest absolute Gasteiger partial charge is 0.484 e. The van der Waals surface area contributed by atoms with Crippen molar-refractivity contribution < 1.29 is 18.7 Å². The first-order valence-corrected chi connectivity index (χ1v) is 8.92. The van der Waals surface area contributed by atoms with Gasteiger partial charge < -0.3 is 24.5 Å². The highest BCUT2D eigenvalue weighted by Crippen LogP contribution is 2.20. The van der Waals surface area contributed by atoms with Gasteiger partial charge in [0.25, 0.3) is 5.91 Å². The van der Waals surface area contributed by atoms with E-state index < -0.39 is 5.63 Å². The monoisotopic (exact) mass is 360 g/mol. The van der Waals surface area contributed by atoms with Gasteiger partial charge in [0.1, 0.15) is 11.3 Å². The number of carbonyl (C=O) groups is 1. The van der Waals surface area contributed by atoms with E-state index in [-0.39, 0.29) is 18.6 Å². The van der Waals surface area contributed by atoms with Gasteiger partial charge in [-0.2, -0.15) is 0 Å². The normalized spacial score (nSPS) is 15.3. The standard InChI is InChI=1S/C19H24N2O5/c20-8-1-11-24-15-6-9-21(10-7-15)18(22)13-25-16-4-2-14-3-5-19(23)26-17(14)12-16/h2-5,12,15H,1,6-11,13,20H2. The number of rotatable bonds is 7. The highest BCUT2D eigenvalue weighted by atomic mass is 16.5. The van der Waals surface area contributed by atoms with E-state index in [9.17, 15) is 9.59 Å². The quantitative estimate of drug-likeness (QED) is 0.594. The Morgan fingerprint density at radius 3 is 2.77 bits per heavy atom. The summed E-state index contributed by atoms with van der Waals surface area (Å²) in [6, 6.07) is 8.24. The molecule has 140 valence electrons. The number of carbonyl (C=O) groups excluding carboxylic acids is 1. The average Bonchev–Trinajstić information content (AvgIpc) is 2.66. The lowest BCUT2D eigenvalue weighted by Crippen LogP contribution is -2.43. The Morgan fingerprint density at radius 1 is 1.23 bits per heavy atom. The summed E-state index contributed by atoms with van der Waals surface area (Å²) in [7, 11) is 0. The van der Waals surface area contributed by atoms with Crippen LogP contribution in [-0.2, 0) is 9.53 Å². The minimum Gasteiger partial charge on any atom is -0.484 e. The van der Waals surface area contributed by atoms with Gasteiger partial charge in [0.05, 0.1) is 6.10 Å². The van der Waals surface area contributed by atoms with E-state index in [1.165, 1.54) is 6.07 Å². The fraction of sp³-hybridized carbons (Fsp3) is 0.474. The van der Waals surface area contributed by atoms with E-state index in [2.05, 4.69) is 0 Å². The van der Waals surface area contributed by atoms with Crippen LogP contribution in [0, 0.1) is 0 Å². The molecule has 7 nitrogen and oxygen atoms in total. The van der Waals surface area contributed by atoms with Crippen molar-refractivity contribution in [3.8, 4) is 5.75 Å². The number of benzene rings is 1. The van der Waals surface area contributed by atoms with Crippen molar-refractivity contribution in [2.45, 2.75) is 25.4 Å². The average molecular weight is 360 g/mol. The fourth-order valence-corrected chi connectivity index (χ4v) is 2.97. The number of nitrogens with two attached hydrogens (primary N) is 1. The first-order valence-electron chi connectivity index (χ1n) is 8.92. The molecule has 26 heavy (non-hydrogen) atoms. The molecule has 1 aromatic heterocycles. The Kier molecular flexibility index (Phi) is 6.25. The Balaban J connectivity index is 1.48. The Bertz CT molecular complexity index is 796. The molecule has 0 atom stereocenters. The van der Waals surface area contributed by atoms with E-state index in [1.807, 2.05) is 0 Å². The number of ether oxygens (including phenoxy) is 2. The molecule has 1 saturated heterocycles. The third-order valence-corrected chi connectivity index (χ3v) is 4.45. The summed E-state index contributed by atoms with van der Waals surface area (Å²) in [5, 5.41) is 0.806. The molecular weight excluding hydrogens is 336 g/mol. The van der Waals surface area contributed by atoms with Crippen molar-refractivity contribution in [2.75, 3.05) is 32.8 Å². The Labute approximate surface area is 151 Å². The van der Waals surface area contributed by atoms with Gasteiger partial charge in [-0.05, 0) is 44.0 Å². The van der Waals surface area contributed by atoms with Gasteiger partial charge in [0.15, 0.2) is 6.61 Å². The van der Waals surface area contributed by atoms with Gasteiger partial charge in [0, 0.05) is 37.2 Å². The lowest BCUT2D eigenvalue weighted by Gasteiger charge is -2.31. The molecule has 0 spiro atoms. The number of hydrogen-bond donors (Lipinski definition) is 1. The summed E-state index contributed by atoms with van der Waals surface area (Å²) in [5.74, 6) is 0.445. The van der Waals surface area contributed by atoms with Gasteiger partial charge in [-0.3, -0.25) is 4.79 Å². The van der Waals surface area contributed by atoms with Crippen molar-refractivity contribution in [3.63, 3.8) is 0 Å². The molecule has 0 bridgehead atoms. The maximum Gasteiger partial charge on any atom is 0.336 e. The predicted molar refractivity (Wildman–Crippen MR) is 97.2 cm³/mol. The minimum atomic E-state index is -0.415. The molecule has 1 aliphatic rings. The number of hydrogen-bond acceptors (Lipinski definition) is 6. The van der Waals surface area contributed by atoms with Crippen molar-refractivity contribution >= 4 is 16.9 Å². The molecule has 7 heteroatoms. The van der Waals surface area contributed by atoms with Crippen molar-refractivity contribution in [2.24, 2.45) is 5.73 Å². The fourth-order valence-electron chi connectivity index (χ4n) is 2.97. The van der Waals surface area contributed by atoms with Crippen LogP contribution in [0.4, 0.5) is 0 Å². The molecule has 2 heterocycles. The van der Waals surface area contributed by atoms with E-state index in [0.717, 1.165) is 24.6 Å². The molecule has 1 aromatic carbocycles. The molecule has 1 fully saturated rings. The Morgan fingerprint density at radius 2 is 2.00 bits per heavy atom. The molecule has 0 radical (unpaired) electrons. The number of nitrogens with zero attached hydrogens (tertiary/aromatic N) is 1. The van der Waals surface area contributed by atoms with E-state index in [1.54, 1.807) is 29.2 Å². The summed E-state index contributed by atoms with van der Waals surface area (Å²) < 4.78 is 16.4. The van der Waals surface area contributed by atoms with Gasteiger partial charge in [-0.1, -0.05) is 0 Å². The van der Waals surface area contributed by atoms with Crippen LogP contribution < -0.4 is 16.1 Å². The predicted octanol–water partition coefficient (Wildman–Crippen LogP) is 1.53. The van der Waals surface area contributed by atoms with Crippen LogP contribution in [0.25, 0.3) is 11.0 Å². The molecule has 2 aromatic rings. The zero-order valence-corrected chi connectivity index (χ0v) is 14.7. The summed E-state index contributed by atoms with van der Waals surface area (Å²) in [6.45, 7) is 2.61. The van der Waals surface area contributed by atoms with Crippen molar-refractivity contribution in [1.29, 1.82) is 0 Å². The molecule has 1 aliphatic heterocycles. The number of fused-ring (bicyclic) bond motifs is 1. The summed E-state index contributed by atoms with van der Waals surface area (Å²) in [4.78, 5) is 25.4. The summed E-state index contributed by atoms with van der Waals surface area (Å²) >= 11 is 0. The van der Waals surface area contributed by atoms with Crippen LogP contribution in [0.2, 0.25) is 0 Å². The van der Waals surface area contributed by atoms with Crippen LogP contribution in [0.3, 0.4) is 0 Å². The third-order valence-electron chi connectivity index (χ3n) is 4.45. The molecule has 2 N–H and O–H groups in total. The maximum absolute atomic E-state index is 12.3. The lowest BCUT2D eigenvalue weighted by molar-refractivity contribution is -0.136. The second kappa shape index (κ2) is 8.82. The van der Waals surface area contributed by atoms with Gasteiger partial charge in [-0.15, -0.1) is 0 Å². The molecule has 3 rings (SSSR count). The SMILES string of the molecule is NCCCOC1CCN(C(=O)COc2ccc3ccc(=O)oc3c2)CC1. The summed E-state index contributed by atoms with van der Waals surface area (Å²) in [5.41, 5.74) is 5.49. The van der Waals surface area contributed by atoms with Crippen molar-refractivity contribution in [1.82, 2.24) is 4.90 Å². The first kappa shape index (κ1) is 18.4. The topological polar surface area (TPSA) is 95.0 Å².